The van der Waals surface area contributed by atoms with Gasteiger partial charge in [-0.2, -0.15) is 0 Å². The maximum Gasteiger partial charge on any atom is 0.261 e. The average Bonchev–Trinajstić information content (AvgIpc) is 3.33. The standard InChI is InChI=1S/C18H22N6OS/c25-18(24-8-12-2-1-4-19-14(12)9-24)15-10-23(6-7-26-15)17-13-3-5-20-16(13)21-11-22-17/h3,5,10-12,14,19H,1-2,4,6-9H2,(H,20,21,22)/t12-,14+/m0/s1. The second kappa shape index (κ2) is 6.59. The second-order valence-electron chi connectivity index (χ2n) is 7.15. The number of hydrogen-bond donors (Lipinski definition) is 2. The Hall–Kier alpha value is -2.06. The van der Waals surface area contributed by atoms with Crippen LogP contribution in [0.1, 0.15) is 12.8 Å². The fourth-order valence-corrected chi connectivity index (χ4v) is 5.20. The number of carbonyl (C=O) groups is 1. The van der Waals surface area contributed by atoms with E-state index < -0.39 is 0 Å². The zero-order chi connectivity index (χ0) is 17.5. The van der Waals surface area contributed by atoms with Crippen molar-refractivity contribution in [2.24, 2.45) is 5.92 Å². The van der Waals surface area contributed by atoms with Crippen LogP contribution in [-0.4, -0.2) is 63.7 Å². The highest BCUT2D eigenvalue weighted by molar-refractivity contribution is 8.04. The predicted molar refractivity (Wildman–Crippen MR) is 103 cm³/mol. The van der Waals surface area contributed by atoms with Crippen molar-refractivity contribution in [2.75, 3.05) is 36.8 Å². The lowest BCUT2D eigenvalue weighted by Gasteiger charge is -2.27. The molecular formula is C18H22N6OS. The molecule has 2 N–H and O–H groups in total. The number of H-pyrrole nitrogens is 1. The highest BCUT2D eigenvalue weighted by Gasteiger charge is 2.37. The number of hydrogen-bond acceptors (Lipinski definition) is 6. The summed E-state index contributed by atoms with van der Waals surface area (Å²) in [6.07, 6.45) is 7.86. The van der Waals surface area contributed by atoms with Gasteiger partial charge in [0.15, 0.2) is 0 Å². The molecule has 5 rings (SSSR count). The van der Waals surface area contributed by atoms with Gasteiger partial charge in [0.05, 0.1) is 10.3 Å². The Morgan fingerprint density at radius 2 is 2.27 bits per heavy atom. The van der Waals surface area contributed by atoms with Gasteiger partial charge in [-0.1, -0.05) is 0 Å². The van der Waals surface area contributed by atoms with Crippen LogP contribution in [0.5, 0.6) is 0 Å². The minimum atomic E-state index is 0.162. The van der Waals surface area contributed by atoms with Crippen molar-refractivity contribution in [1.82, 2.24) is 25.2 Å². The number of aromatic amines is 1. The first-order valence-corrected chi connectivity index (χ1v) is 10.2. The normalized spacial score (nSPS) is 26.1. The van der Waals surface area contributed by atoms with E-state index in [1.165, 1.54) is 12.8 Å². The molecule has 0 saturated carbocycles. The molecule has 2 aromatic rings. The third-order valence-corrected chi connectivity index (χ3v) is 6.54. The number of fused-ring (bicyclic) bond motifs is 2. The molecule has 3 aliphatic rings. The van der Waals surface area contributed by atoms with Gasteiger partial charge in [0, 0.05) is 43.8 Å². The number of nitrogens with zero attached hydrogens (tertiary/aromatic N) is 4. The zero-order valence-electron chi connectivity index (χ0n) is 14.5. The van der Waals surface area contributed by atoms with Crippen LogP contribution in [0.2, 0.25) is 0 Å². The van der Waals surface area contributed by atoms with Crippen LogP contribution in [-0.2, 0) is 4.79 Å². The summed E-state index contributed by atoms with van der Waals surface area (Å²) in [6, 6.07) is 2.46. The molecule has 2 fully saturated rings. The van der Waals surface area contributed by atoms with Crippen molar-refractivity contribution < 1.29 is 4.79 Å². The summed E-state index contributed by atoms with van der Waals surface area (Å²) in [5.41, 5.74) is 0.823. The lowest BCUT2D eigenvalue weighted by atomic mass is 9.94. The molecule has 0 bridgehead atoms. The number of thioether (sulfide) groups is 1. The lowest BCUT2D eigenvalue weighted by molar-refractivity contribution is -0.125. The molecule has 0 radical (unpaired) electrons. The molecule has 2 saturated heterocycles. The lowest BCUT2D eigenvalue weighted by Crippen LogP contribution is -2.41. The highest BCUT2D eigenvalue weighted by atomic mass is 32.2. The van der Waals surface area contributed by atoms with Crippen molar-refractivity contribution in [3.05, 3.63) is 29.7 Å². The van der Waals surface area contributed by atoms with Gasteiger partial charge in [0.1, 0.15) is 17.8 Å². The maximum absolute atomic E-state index is 13.1. The summed E-state index contributed by atoms with van der Waals surface area (Å²) in [5.74, 6) is 2.51. The number of rotatable bonds is 2. The topological polar surface area (TPSA) is 77.2 Å². The van der Waals surface area contributed by atoms with Gasteiger partial charge < -0.3 is 20.1 Å². The van der Waals surface area contributed by atoms with Crippen molar-refractivity contribution in [3.63, 3.8) is 0 Å². The van der Waals surface area contributed by atoms with Gasteiger partial charge in [-0.15, -0.1) is 11.8 Å². The molecule has 1 amide bonds. The molecule has 7 nitrogen and oxygen atoms in total. The first kappa shape index (κ1) is 16.1. The molecule has 26 heavy (non-hydrogen) atoms. The van der Waals surface area contributed by atoms with E-state index in [9.17, 15) is 4.79 Å². The third kappa shape index (κ3) is 2.77. The number of carbonyl (C=O) groups excluding carboxylic acids is 1. The fraction of sp³-hybridized carbons (Fsp3) is 0.500. The Labute approximate surface area is 156 Å². The number of likely N-dealkylation sites (tertiary alicyclic amines) is 1. The quantitative estimate of drug-likeness (QED) is 0.836. The van der Waals surface area contributed by atoms with E-state index in [-0.39, 0.29) is 5.91 Å². The van der Waals surface area contributed by atoms with E-state index in [0.29, 0.717) is 12.0 Å². The van der Waals surface area contributed by atoms with Gasteiger partial charge in [0.2, 0.25) is 0 Å². The number of amides is 1. The number of nitrogens with one attached hydrogen (secondary N) is 2. The molecule has 8 heteroatoms. The Kier molecular flexibility index (Phi) is 4.09. The molecule has 2 aromatic heterocycles. The molecule has 2 atom stereocenters. The minimum Gasteiger partial charge on any atom is -0.346 e. The van der Waals surface area contributed by atoms with Gasteiger partial charge in [0.25, 0.3) is 5.91 Å². The monoisotopic (exact) mass is 370 g/mol. The SMILES string of the molecule is O=C(C1=CN(c2ncnc3[nH]ccc23)CCS1)N1C[C@@H]2CCCN[C@@H]2C1. The van der Waals surface area contributed by atoms with Crippen LogP contribution in [0.15, 0.2) is 29.7 Å². The summed E-state index contributed by atoms with van der Waals surface area (Å²) in [6.45, 7) is 3.63. The highest BCUT2D eigenvalue weighted by Crippen LogP contribution is 2.32. The molecule has 0 unspecified atom stereocenters. The second-order valence-corrected chi connectivity index (χ2v) is 8.28. The molecule has 5 heterocycles. The largest absolute Gasteiger partial charge is 0.346 e. The third-order valence-electron chi connectivity index (χ3n) is 5.57. The van der Waals surface area contributed by atoms with Crippen molar-refractivity contribution in [3.8, 4) is 0 Å². The average molecular weight is 370 g/mol. The summed E-state index contributed by atoms with van der Waals surface area (Å²) < 4.78 is 0. The Morgan fingerprint density at radius 1 is 1.31 bits per heavy atom. The first-order valence-electron chi connectivity index (χ1n) is 9.21. The maximum atomic E-state index is 13.1. The van der Waals surface area contributed by atoms with Crippen molar-refractivity contribution in [2.45, 2.75) is 18.9 Å². The first-order chi connectivity index (χ1) is 12.8. The molecule has 0 aliphatic carbocycles. The van der Waals surface area contributed by atoms with Crippen LogP contribution in [0.25, 0.3) is 11.0 Å². The van der Waals surface area contributed by atoms with Crippen molar-refractivity contribution in [1.29, 1.82) is 0 Å². The summed E-state index contributed by atoms with van der Waals surface area (Å²) >= 11 is 1.65. The molecular weight excluding hydrogens is 348 g/mol. The van der Waals surface area contributed by atoms with Crippen molar-refractivity contribution >= 4 is 34.5 Å². The van der Waals surface area contributed by atoms with E-state index in [0.717, 1.165) is 53.7 Å². The number of aromatic nitrogens is 3. The van der Waals surface area contributed by atoms with Gasteiger partial charge in [-0.05, 0) is 31.4 Å². The molecule has 3 aliphatic heterocycles. The fourth-order valence-electron chi connectivity index (χ4n) is 4.24. The Morgan fingerprint density at radius 3 is 3.19 bits per heavy atom. The van der Waals surface area contributed by atoms with Gasteiger partial charge >= 0.3 is 0 Å². The predicted octanol–water partition coefficient (Wildman–Crippen LogP) is 1.56. The summed E-state index contributed by atoms with van der Waals surface area (Å²) in [5, 5.41) is 4.55. The van der Waals surface area contributed by atoms with E-state index in [1.54, 1.807) is 18.1 Å². The zero-order valence-corrected chi connectivity index (χ0v) is 15.3. The Balaban J connectivity index is 1.39. The van der Waals surface area contributed by atoms with Crippen LogP contribution >= 0.6 is 11.8 Å². The van der Waals surface area contributed by atoms with Gasteiger partial charge in [-0.25, -0.2) is 9.97 Å². The molecule has 136 valence electrons. The Bertz CT molecular complexity index is 850. The van der Waals surface area contributed by atoms with E-state index in [2.05, 4.69) is 25.2 Å². The van der Waals surface area contributed by atoms with Gasteiger partial charge in [-0.3, -0.25) is 4.79 Å². The summed E-state index contributed by atoms with van der Waals surface area (Å²) in [4.78, 5) is 29.8. The smallest absolute Gasteiger partial charge is 0.261 e. The van der Waals surface area contributed by atoms with E-state index in [1.807, 2.05) is 23.4 Å². The number of piperidine rings is 1. The molecule has 0 spiro atoms. The summed E-state index contributed by atoms with van der Waals surface area (Å²) in [7, 11) is 0. The van der Waals surface area contributed by atoms with E-state index in [4.69, 9.17) is 0 Å². The van der Waals surface area contributed by atoms with Crippen LogP contribution in [0, 0.1) is 5.92 Å². The van der Waals surface area contributed by atoms with Crippen LogP contribution in [0.3, 0.4) is 0 Å². The van der Waals surface area contributed by atoms with E-state index >= 15 is 0 Å². The van der Waals surface area contributed by atoms with Crippen LogP contribution < -0.4 is 10.2 Å². The number of anilines is 1. The van der Waals surface area contributed by atoms with Crippen LogP contribution in [0.4, 0.5) is 5.82 Å². The molecule has 0 aromatic carbocycles. The minimum absolute atomic E-state index is 0.162.